The summed E-state index contributed by atoms with van der Waals surface area (Å²) >= 11 is 0. The van der Waals surface area contributed by atoms with E-state index in [-0.39, 0.29) is 0 Å². The van der Waals surface area contributed by atoms with Crippen LogP contribution in [0.15, 0.2) is 16.7 Å². The molecule has 0 fully saturated rings. The highest BCUT2D eigenvalue weighted by Gasteiger charge is 2.12. The predicted molar refractivity (Wildman–Crippen MR) is 70.4 cm³/mol. The number of hydrogen-bond donors (Lipinski definition) is 1. The van der Waals surface area contributed by atoms with Crippen LogP contribution < -0.4 is 5.32 Å². The van der Waals surface area contributed by atoms with Crippen LogP contribution in [-0.2, 0) is 19.4 Å². The molecule has 0 unspecified atom stereocenters. The van der Waals surface area contributed by atoms with Gasteiger partial charge in [0.2, 0.25) is 0 Å². The van der Waals surface area contributed by atoms with Crippen molar-refractivity contribution in [1.82, 2.24) is 20.1 Å². The number of nitrogens with zero attached hydrogens (tertiary/aromatic N) is 3. The molecule has 2 rings (SSSR count). The number of nitrogens with one attached hydrogen (secondary N) is 1. The van der Waals surface area contributed by atoms with Gasteiger partial charge in [-0.2, -0.15) is 5.10 Å². The maximum absolute atomic E-state index is 5.76. The molecule has 0 saturated heterocycles. The average molecular weight is 248 g/mol. The molecule has 5 nitrogen and oxygen atoms in total. The van der Waals surface area contributed by atoms with Gasteiger partial charge in [0.25, 0.3) is 0 Å². The Morgan fingerprint density at radius 3 is 2.89 bits per heavy atom. The molecule has 98 valence electrons. The lowest BCUT2D eigenvalue weighted by Crippen LogP contribution is -2.10. The zero-order valence-electron chi connectivity index (χ0n) is 11.2. The van der Waals surface area contributed by atoms with Gasteiger partial charge in [0.1, 0.15) is 5.69 Å². The van der Waals surface area contributed by atoms with Gasteiger partial charge < -0.3 is 9.73 Å². The van der Waals surface area contributed by atoms with E-state index < -0.39 is 0 Å². The van der Waals surface area contributed by atoms with E-state index in [2.05, 4.69) is 35.3 Å². The minimum Gasteiger partial charge on any atom is -0.439 e. The van der Waals surface area contributed by atoms with Crippen molar-refractivity contribution in [2.45, 2.75) is 33.2 Å². The molecule has 0 aliphatic carbocycles. The topological polar surface area (TPSA) is 55.9 Å². The van der Waals surface area contributed by atoms with E-state index >= 15 is 0 Å². The molecule has 2 aromatic rings. The van der Waals surface area contributed by atoms with Crippen molar-refractivity contribution >= 4 is 0 Å². The van der Waals surface area contributed by atoms with Gasteiger partial charge in [0.05, 0.1) is 11.9 Å². The summed E-state index contributed by atoms with van der Waals surface area (Å²) in [6.07, 6.45) is 3.52. The summed E-state index contributed by atoms with van der Waals surface area (Å²) in [6.45, 7) is 5.88. The van der Waals surface area contributed by atoms with Crippen LogP contribution >= 0.6 is 0 Å². The van der Waals surface area contributed by atoms with Gasteiger partial charge >= 0.3 is 0 Å². The fourth-order valence-corrected chi connectivity index (χ4v) is 1.86. The summed E-state index contributed by atoms with van der Waals surface area (Å²) in [6, 6.07) is 2.08. The quantitative estimate of drug-likeness (QED) is 0.848. The SMILES string of the molecule is CCc1cc(-c2cnc(CCNC)o2)n(CC)n1. The minimum atomic E-state index is 0.765. The Bertz CT molecular complexity index is 501. The Balaban J connectivity index is 2.24. The monoisotopic (exact) mass is 248 g/mol. The van der Waals surface area contributed by atoms with Gasteiger partial charge in [-0.3, -0.25) is 4.68 Å². The minimum absolute atomic E-state index is 0.765. The molecule has 0 bridgehead atoms. The number of hydrogen-bond acceptors (Lipinski definition) is 4. The Hall–Kier alpha value is -1.62. The van der Waals surface area contributed by atoms with Crippen molar-refractivity contribution in [3.8, 4) is 11.5 Å². The fraction of sp³-hybridized carbons (Fsp3) is 0.538. The van der Waals surface area contributed by atoms with Crippen molar-refractivity contribution in [3.05, 3.63) is 23.8 Å². The molecule has 1 N–H and O–H groups in total. The molecule has 0 spiro atoms. The fourth-order valence-electron chi connectivity index (χ4n) is 1.86. The van der Waals surface area contributed by atoms with Crippen molar-refractivity contribution in [2.75, 3.05) is 13.6 Å². The molecule has 0 aromatic carbocycles. The molecule has 0 aliphatic rings. The van der Waals surface area contributed by atoms with Crippen molar-refractivity contribution < 1.29 is 4.42 Å². The van der Waals surface area contributed by atoms with E-state index in [1.807, 2.05) is 11.7 Å². The summed E-state index contributed by atoms with van der Waals surface area (Å²) in [7, 11) is 1.92. The van der Waals surface area contributed by atoms with Crippen LogP contribution in [0, 0.1) is 0 Å². The van der Waals surface area contributed by atoms with Gasteiger partial charge in [-0.1, -0.05) is 6.92 Å². The van der Waals surface area contributed by atoms with Crippen molar-refractivity contribution in [2.24, 2.45) is 0 Å². The number of aryl methyl sites for hydroxylation is 2. The summed E-state index contributed by atoms with van der Waals surface area (Å²) in [4.78, 5) is 4.29. The van der Waals surface area contributed by atoms with E-state index in [9.17, 15) is 0 Å². The maximum Gasteiger partial charge on any atom is 0.196 e. The molecule has 0 radical (unpaired) electrons. The number of aromatic nitrogens is 3. The number of oxazole rings is 1. The van der Waals surface area contributed by atoms with Crippen LogP contribution in [0.1, 0.15) is 25.4 Å². The van der Waals surface area contributed by atoms with Crippen molar-refractivity contribution in [1.29, 1.82) is 0 Å². The second-order valence-corrected chi connectivity index (χ2v) is 4.16. The summed E-state index contributed by atoms with van der Waals surface area (Å²) in [5.41, 5.74) is 2.09. The van der Waals surface area contributed by atoms with E-state index in [4.69, 9.17) is 4.42 Å². The first kappa shape index (κ1) is 12.8. The molecule has 0 saturated carbocycles. The van der Waals surface area contributed by atoms with Gasteiger partial charge in [0.15, 0.2) is 11.7 Å². The molecule has 5 heteroatoms. The Morgan fingerprint density at radius 2 is 2.22 bits per heavy atom. The summed E-state index contributed by atoms with van der Waals surface area (Å²) in [5.74, 6) is 1.57. The molecule has 0 atom stereocenters. The maximum atomic E-state index is 5.76. The number of likely N-dealkylation sites (N-methyl/N-ethyl adjacent to an activating group) is 1. The van der Waals surface area contributed by atoms with Crippen LogP contribution in [0.2, 0.25) is 0 Å². The van der Waals surface area contributed by atoms with Crippen LogP contribution in [0.3, 0.4) is 0 Å². The highest BCUT2D eigenvalue weighted by molar-refractivity contribution is 5.52. The van der Waals surface area contributed by atoms with E-state index in [1.165, 1.54) is 0 Å². The van der Waals surface area contributed by atoms with Crippen LogP contribution in [0.25, 0.3) is 11.5 Å². The van der Waals surface area contributed by atoms with Crippen molar-refractivity contribution in [3.63, 3.8) is 0 Å². The molecule has 0 aliphatic heterocycles. The zero-order chi connectivity index (χ0) is 13.0. The third kappa shape index (κ3) is 2.61. The molecular weight excluding hydrogens is 228 g/mol. The Labute approximate surface area is 107 Å². The van der Waals surface area contributed by atoms with E-state index in [0.717, 1.165) is 49.0 Å². The molecular formula is C13H20N4O. The largest absolute Gasteiger partial charge is 0.439 e. The van der Waals surface area contributed by atoms with Gasteiger partial charge in [0, 0.05) is 19.5 Å². The standard InChI is InChI=1S/C13H20N4O/c1-4-10-8-11(17(5-2)16-10)12-9-15-13(18-12)6-7-14-3/h8-9,14H,4-7H2,1-3H3. The first-order chi connectivity index (χ1) is 8.78. The first-order valence-electron chi connectivity index (χ1n) is 6.44. The van der Waals surface area contributed by atoms with Crippen LogP contribution in [0.5, 0.6) is 0 Å². The predicted octanol–water partition coefficient (Wildman–Crippen LogP) is 1.88. The van der Waals surface area contributed by atoms with Crippen LogP contribution in [0.4, 0.5) is 0 Å². The Kier molecular flexibility index (Phi) is 4.15. The second kappa shape index (κ2) is 5.82. The lowest BCUT2D eigenvalue weighted by Gasteiger charge is -2.00. The lowest BCUT2D eigenvalue weighted by atomic mass is 10.3. The summed E-state index contributed by atoms with van der Waals surface area (Å²) in [5, 5.41) is 7.59. The zero-order valence-corrected chi connectivity index (χ0v) is 11.2. The molecule has 2 heterocycles. The average Bonchev–Trinajstić information content (AvgIpc) is 3.02. The van der Waals surface area contributed by atoms with Crippen LogP contribution in [-0.4, -0.2) is 28.4 Å². The molecule has 0 amide bonds. The lowest BCUT2D eigenvalue weighted by molar-refractivity contribution is 0.494. The first-order valence-corrected chi connectivity index (χ1v) is 6.44. The smallest absolute Gasteiger partial charge is 0.196 e. The number of rotatable bonds is 6. The Morgan fingerprint density at radius 1 is 1.39 bits per heavy atom. The third-order valence-electron chi connectivity index (χ3n) is 2.89. The van der Waals surface area contributed by atoms with Gasteiger partial charge in [-0.15, -0.1) is 0 Å². The summed E-state index contributed by atoms with van der Waals surface area (Å²) < 4.78 is 7.72. The van der Waals surface area contributed by atoms with E-state index in [0.29, 0.717) is 0 Å². The molecule has 18 heavy (non-hydrogen) atoms. The highest BCUT2D eigenvalue weighted by Crippen LogP contribution is 2.22. The second-order valence-electron chi connectivity index (χ2n) is 4.16. The molecule has 2 aromatic heterocycles. The van der Waals surface area contributed by atoms with E-state index in [1.54, 1.807) is 6.20 Å². The highest BCUT2D eigenvalue weighted by atomic mass is 16.4. The van der Waals surface area contributed by atoms with Gasteiger partial charge in [-0.05, 0) is 26.5 Å². The van der Waals surface area contributed by atoms with Gasteiger partial charge in [-0.25, -0.2) is 4.98 Å². The third-order valence-corrected chi connectivity index (χ3v) is 2.89. The normalized spacial score (nSPS) is 11.1.